The fraction of sp³-hybridized carbons (Fsp3) is 0.625. The van der Waals surface area contributed by atoms with E-state index in [4.69, 9.17) is 10.0 Å². The Hall–Kier alpha value is -0.805. The molecule has 0 aromatic heterocycles. The van der Waals surface area contributed by atoms with E-state index in [1.165, 1.54) is 6.20 Å². The minimum absolute atomic E-state index is 0.515. The highest BCUT2D eigenvalue weighted by molar-refractivity contribution is 6.50. The standard InChI is InChI=1S/C8H17BN2O2/c1-5-8(9(12)13)6-10-7(2)11(3)4/h6,12-13H,5H2,1-4H3/b8-6+,10-7+. The molecule has 0 unspecified atom stereocenters. The average molecular weight is 184 g/mol. The van der Waals surface area contributed by atoms with Crippen LogP contribution in [0.3, 0.4) is 0 Å². The van der Waals surface area contributed by atoms with Gasteiger partial charge in [-0.2, -0.15) is 0 Å². The molecule has 5 heteroatoms. The SMILES string of the molecule is CC/C(=C\N=C(/C)N(C)C)B(O)O. The molecule has 0 saturated heterocycles. The van der Waals surface area contributed by atoms with Crippen LogP contribution in [0.1, 0.15) is 20.3 Å². The van der Waals surface area contributed by atoms with Crippen molar-refractivity contribution in [2.24, 2.45) is 4.99 Å². The van der Waals surface area contributed by atoms with Gasteiger partial charge in [0.2, 0.25) is 0 Å². The summed E-state index contributed by atoms with van der Waals surface area (Å²) in [7, 11) is 2.37. The third-order valence-corrected chi connectivity index (χ3v) is 1.80. The maximum atomic E-state index is 8.87. The van der Waals surface area contributed by atoms with Crippen molar-refractivity contribution >= 4 is 13.0 Å². The molecule has 0 aliphatic heterocycles. The average Bonchev–Trinajstić information content (AvgIpc) is 2.04. The van der Waals surface area contributed by atoms with Gasteiger partial charge in [0.25, 0.3) is 0 Å². The van der Waals surface area contributed by atoms with Gasteiger partial charge in [0.1, 0.15) is 5.84 Å². The summed E-state index contributed by atoms with van der Waals surface area (Å²) in [6.07, 6.45) is 2.09. The summed E-state index contributed by atoms with van der Waals surface area (Å²) in [5.74, 6) is 0.826. The summed E-state index contributed by atoms with van der Waals surface area (Å²) in [5, 5.41) is 17.7. The lowest BCUT2D eigenvalue weighted by Gasteiger charge is -2.10. The van der Waals surface area contributed by atoms with E-state index < -0.39 is 7.12 Å². The lowest BCUT2D eigenvalue weighted by molar-refractivity contribution is 0.417. The Morgan fingerprint density at radius 2 is 2.00 bits per heavy atom. The molecule has 0 aliphatic carbocycles. The number of aliphatic imine (C=N–C) groups is 1. The third kappa shape index (κ3) is 4.70. The second kappa shape index (κ2) is 5.77. The maximum Gasteiger partial charge on any atom is 0.485 e. The summed E-state index contributed by atoms with van der Waals surface area (Å²) in [5.41, 5.74) is 0.515. The molecule has 2 N–H and O–H groups in total. The van der Waals surface area contributed by atoms with Gasteiger partial charge in [-0.15, -0.1) is 0 Å². The Balaban J connectivity index is 4.45. The van der Waals surface area contributed by atoms with Crippen molar-refractivity contribution in [1.82, 2.24) is 4.90 Å². The molecule has 0 saturated carbocycles. The zero-order valence-electron chi connectivity index (χ0n) is 8.65. The van der Waals surface area contributed by atoms with Crippen LogP contribution in [-0.2, 0) is 0 Å². The fourth-order valence-corrected chi connectivity index (χ4v) is 0.632. The van der Waals surface area contributed by atoms with Gasteiger partial charge in [-0.1, -0.05) is 6.92 Å². The summed E-state index contributed by atoms with van der Waals surface area (Å²) in [6.45, 7) is 3.71. The zero-order valence-corrected chi connectivity index (χ0v) is 8.65. The van der Waals surface area contributed by atoms with Gasteiger partial charge < -0.3 is 14.9 Å². The Morgan fingerprint density at radius 3 is 2.31 bits per heavy atom. The quantitative estimate of drug-likeness (QED) is 0.376. The van der Waals surface area contributed by atoms with E-state index in [0.29, 0.717) is 11.9 Å². The molecule has 0 heterocycles. The smallest absolute Gasteiger partial charge is 0.423 e. The van der Waals surface area contributed by atoms with E-state index in [1.807, 2.05) is 32.8 Å². The van der Waals surface area contributed by atoms with E-state index in [2.05, 4.69) is 4.99 Å². The predicted molar refractivity (Wildman–Crippen MR) is 55.4 cm³/mol. The van der Waals surface area contributed by atoms with Crippen LogP contribution in [0.5, 0.6) is 0 Å². The van der Waals surface area contributed by atoms with Crippen LogP contribution < -0.4 is 0 Å². The molecule has 0 radical (unpaired) electrons. The van der Waals surface area contributed by atoms with Crippen LogP contribution in [0.2, 0.25) is 0 Å². The fourth-order valence-electron chi connectivity index (χ4n) is 0.632. The first-order valence-corrected chi connectivity index (χ1v) is 4.25. The van der Waals surface area contributed by atoms with Crippen molar-refractivity contribution < 1.29 is 10.0 Å². The topological polar surface area (TPSA) is 56.1 Å². The molecule has 74 valence electrons. The van der Waals surface area contributed by atoms with Gasteiger partial charge in [0.15, 0.2) is 0 Å². The van der Waals surface area contributed by atoms with Crippen LogP contribution in [0.25, 0.3) is 0 Å². The van der Waals surface area contributed by atoms with Crippen molar-refractivity contribution in [2.75, 3.05) is 14.1 Å². The summed E-state index contributed by atoms with van der Waals surface area (Å²) in [4.78, 5) is 5.93. The van der Waals surface area contributed by atoms with Crippen LogP contribution >= 0.6 is 0 Å². The molecule has 0 aliphatic rings. The molecule has 0 fully saturated rings. The Morgan fingerprint density at radius 1 is 1.46 bits per heavy atom. The van der Waals surface area contributed by atoms with Gasteiger partial charge >= 0.3 is 7.12 Å². The summed E-state index contributed by atoms with van der Waals surface area (Å²) >= 11 is 0. The molecule has 0 aromatic carbocycles. The molecule has 0 aromatic rings. The highest BCUT2D eigenvalue weighted by Gasteiger charge is 2.11. The molecule has 13 heavy (non-hydrogen) atoms. The van der Waals surface area contributed by atoms with Crippen molar-refractivity contribution in [1.29, 1.82) is 0 Å². The van der Waals surface area contributed by atoms with Crippen molar-refractivity contribution in [3.05, 3.63) is 11.7 Å². The van der Waals surface area contributed by atoms with Crippen LogP contribution in [0.15, 0.2) is 16.7 Å². The van der Waals surface area contributed by atoms with Gasteiger partial charge in [0, 0.05) is 20.3 Å². The van der Waals surface area contributed by atoms with E-state index in [1.54, 1.807) is 0 Å². The van der Waals surface area contributed by atoms with E-state index >= 15 is 0 Å². The highest BCUT2D eigenvalue weighted by atomic mass is 16.4. The van der Waals surface area contributed by atoms with Gasteiger partial charge in [-0.05, 0) is 18.8 Å². The van der Waals surface area contributed by atoms with Crippen molar-refractivity contribution in [2.45, 2.75) is 20.3 Å². The Bertz CT molecular complexity index is 212. The predicted octanol–water partition coefficient (Wildman–Crippen LogP) is 0.272. The first-order chi connectivity index (χ1) is 5.99. The second-order valence-corrected chi connectivity index (χ2v) is 3.00. The molecule has 0 amide bonds. The summed E-state index contributed by atoms with van der Waals surface area (Å²) < 4.78 is 0. The number of hydrogen-bond acceptors (Lipinski definition) is 3. The van der Waals surface area contributed by atoms with Gasteiger partial charge in [-0.25, -0.2) is 4.99 Å². The lowest BCUT2D eigenvalue weighted by Crippen LogP contribution is -2.18. The largest absolute Gasteiger partial charge is 0.485 e. The van der Waals surface area contributed by atoms with Gasteiger partial charge in [0.05, 0.1) is 0 Å². The summed E-state index contributed by atoms with van der Waals surface area (Å²) in [6, 6.07) is 0. The minimum Gasteiger partial charge on any atom is -0.423 e. The number of hydrogen-bond donors (Lipinski definition) is 2. The second-order valence-electron chi connectivity index (χ2n) is 3.00. The van der Waals surface area contributed by atoms with Crippen LogP contribution in [-0.4, -0.2) is 42.0 Å². The normalized spacial score (nSPS) is 13.1. The molecule has 0 bridgehead atoms. The minimum atomic E-state index is -1.40. The maximum absolute atomic E-state index is 8.87. The number of rotatable bonds is 3. The molecule has 4 nitrogen and oxygen atoms in total. The van der Waals surface area contributed by atoms with Crippen molar-refractivity contribution in [3.8, 4) is 0 Å². The first-order valence-electron chi connectivity index (χ1n) is 4.25. The first kappa shape index (κ1) is 12.2. The molecular weight excluding hydrogens is 167 g/mol. The Labute approximate surface area is 79.7 Å². The van der Waals surface area contributed by atoms with E-state index in [9.17, 15) is 0 Å². The van der Waals surface area contributed by atoms with Crippen LogP contribution in [0.4, 0.5) is 0 Å². The molecule has 0 rings (SSSR count). The Kier molecular flexibility index (Phi) is 5.42. The van der Waals surface area contributed by atoms with Crippen molar-refractivity contribution in [3.63, 3.8) is 0 Å². The number of amidine groups is 1. The molecule has 0 atom stereocenters. The molecular formula is C8H17BN2O2. The zero-order chi connectivity index (χ0) is 10.4. The van der Waals surface area contributed by atoms with Crippen LogP contribution in [0, 0.1) is 0 Å². The monoisotopic (exact) mass is 184 g/mol. The lowest BCUT2D eigenvalue weighted by atomic mass is 9.78. The molecule has 0 spiro atoms. The van der Waals surface area contributed by atoms with E-state index in [-0.39, 0.29) is 0 Å². The highest BCUT2D eigenvalue weighted by Crippen LogP contribution is 2.02. The third-order valence-electron chi connectivity index (χ3n) is 1.80. The number of nitrogens with zero attached hydrogens (tertiary/aromatic N) is 2. The van der Waals surface area contributed by atoms with E-state index in [0.717, 1.165) is 5.84 Å². The number of allylic oxidation sites excluding steroid dienone is 1. The van der Waals surface area contributed by atoms with Gasteiger partial charge in [-0.3, -0.25) is 0 Å².